The van der Waals surface area contributed by atoms with Crippen LogP contribution in [0, 0.1) is 5.41 Å². The minimum absolute atomic E-state index is 0.203. The van der Waals surface area contributed by atoms with Gasteiger partial charge in [0.25, 0.3) is 0 Å². The van der Waals surface area contributed by atoms with Crippen molar-refractivity contribution < 1.29 is 4.79 Å². The average Bonchev–Trinajstić information content (AvgIpc) is 2.14. The molecular weight excluding hydrogens is 176 g/mol. The molecule has 0 radical (unpaired) electrons. The van der Waals surface area contributed by atoms with Crippen LogP contribution in [0.5, 0.6) is 0 Å². The summed E-state index contributed by atoms with van der Waals surface area (Å²) in [5.74, 6) is 0.203. The van der Waals surface area contributed by atoms with E-state index in [1.807, 2.05) is 32.9 Å². The van der Waals surface area contributed by atoms with E-state index in [9.17, 15) is 4.79 Å². The van der Waals surface area contributed by atoms with Gasteiger partial charge in [0.15, 0.2) is 5.78 Å². The summed E-state index contributed by atoms with van der Waals surface area (Å²) in [6.45, 7) is 6.13. The molecule has 1 aromatic rings. The lowest BCUT2D eigenvalue weighted by molar-refractivity contribution is -0.124. The molecule has 1 rings (SSSR count). The minimum atomic E-state index is -0.278. The molecule has 3 heteroatoms. The van der Waals surface area contributed by atoms with E-state index in [0.717, 1.165) is 5.69 Å². The Hall–Kier alpha value is -1.38. The van der Waals surface area contributed by atoms with Crippen LogP contribution in [-0.4, -0.2) is 17.3 Å². The standard InChI is InChI=1S/C11H16N2O/c1-11(2,3)10(14)8-13-9-4-6-12-7-5-9/h4-7H,8H2,1-3H3,(H,12,13). The number of nitrogens with one attached hydrogen (secondary N) is 1. The zero-order valence-electron chi connectivity index (χ0n) is 8.87. The van der Waals surface area contributed by atoms with Crippen molar-refractivity contribution in [2.45, 2.75) is 20.8 Å². The van der Waals surface area contributed by atoms with Crippen molar-refractivity contribution in [2.24, 2.45) is 5.41 Å². The van der Waals surface area contributed by atoms with Crippen molar-refractivity contribution in [1.82, 2.24) is 4.98 Å². The molecule has 3 nitrogen and oxygen atoms in total. The number of hydrogen-bond donors (Lipinski definition) is 1. The second kappa shape index (κ2) is 4.22. The Morgan fingerprint density at radius 2 is 1.93 bits per heavy atom. The molecular formula is C11H16N2O. The topological polar surface area (TPSA) is 42.0 Å². The largest absolute Gasteiger partial charge is 0.378 e. The quantitative estimate of drug-likeness (QED) is 0.797. The Balaban J connectivity index is 2.46. The summed E-state index contributed by atoms with van der Waals surface area (Å²) in [5.41, 5.74) is 0.651. The van der Waals surface area contributed by atoms with Crippen LogP contribution in [-0.2, 0) is 4.79 Å². The molecule has 0 bridgehead atoms. The van der Waals surface area contributed by atoms with E-state index in [-0.39, 0.29) is 11.2 Å². The lowest BCUT2D eigenvalue weighted by atomic mass is 9.91. The number of aromatic nitrogens is 1. The minimum Gasteiger partial charge on any atom is -0.378 e. The van der Waals surface area contributed by atoms with Crippen molar-refractivity contribution in [2.75, 3.05) is 11.9 Å². The summed E-state index contributed by atoms with van der Waals surface area (Å²) in [5, 5.41) is 3.06. The Morgan fingerprint density at radius 1 is 1.36 bits per heavy atom. The summed E-state index contributed by atoms with van der Waals surface area (Å²) in [7, 11) is 0. The van der Waals surface area contributed by atoms with Crippen LogP contribution in [0.1, 0.15) is 20.8 Å². The maximum atomic E-state index is 11.6. The average molecular weight is 192 g/mol. The molecule has 0 unspecified atom stereocenters. The van der Waals surface area contributed by atoms with E-state index in [0.29, 0.717) is 6.54 Å². The highest BCUT2D eigenvalue weighted by Gasteiger charge is 2.20. The number of rotatable bonds is 3. The molecule has 0 spiro atoms. The van der Waals surface area contributed by atoms with Gasteiger partial charge in [0.2, 0.25) is 0 Å². The fraction of sp³-hybridized carbons (Fsp3) is 0.455. The summed E-state index contributed by atoms with van der Waals surface area (Å²) in [6, 6.07) is 3.69. The number of carbonyl (C=O) groups is 1. The molecule has 0 saturated carbocycles. The Labute approximate surface area is 84.6 Å². The summed E-state index contributed by atoms with van der Waals surface area (Å²) >= 11 is 0. The van der Waals surface area contributed by atoms with Crippen molar-refractivity contribution in [3.8, 4) is 0 Å². The second-order valence-corrected chi connectivity index (χ2v) is 4.26. The number of anilines is 1. The van der Waals surface area contributed by atoms with Crippen LogP contribution in [0.4, 0.5) is 5.69 Å². The van der Waals surface area contributed by atoms with Crippen LogP contribution in [0.15, 0.2) is 24.5 Å². The molecule has 0 amide bonds. The normalized spacial score (nSPS) is 11.1. The van der Waals surface area contributed by atoms with E-state index in [1.54, 1.807) is 12.4 Å². The molecule has 0 atom stereocenters. The highest BCUT2D eigenvalue weighted by atomic mass is 16.1. The van der Waals surface area contributed by atoms with Gasteiger partial charge >= 0.3 is 0 Å². The monoisotopic (exact) mass is 192 g/mol. The molecule has 0 fully saturated rings. The van der Waals surface area contributed by atoms with Crippen molar-refractivity contribution in [1.29, 1.82) is 0 Å². The van der Waals surface area contributed by atoms with Crippen LogP contribution in [0.2, 0.25) is 0 Å². The molecule has 1 aromatic heterocycles. The smallest absolute Gasteiger partial charge is 0.157 e. The zero-order valence-corrected chi connectivity index (χ0v) is 8.87. The number of ketones is 1. The van der Waals surface area contributed by atoms with E-state index in [2.05, 4.69) is 10.3 Å². The Morgan fingerprint density at radius 3 is 2.43 bits per heavy atom. The summed E-state index contributed by atoms with van der Waals surface area (Å²) in [4.78, 5) is 15.5. The van der Waals surface area contributed by atoms with Gasteiger partial charge in [-0.25, -0.2) is 0 Å². The van der Waals surface area contributed by atoms with Gasteiger partial charge in [-0.1, -0.05) is 20.8 Å². The van der Waals surface area contributed by atoms with E-state index < -0.39 is 0 Å². The first-order valence-corrected chi connectivity index (χ1v) is 4.67. The predicted molar refractivity (Wildman–Crippen MR) is 57.2 cm³/mol. The fourth-order valence-corrected chi connectivity index (χ4v) is 0.917. The first-order valence-electron chi connectivity index (χ1n) is 4.67. The third-order valence-electron chi connectivity index (χ3n) is 1.97. The fourth-order valence-electron chi connectivity index (χ4n) is 0.917. The molecule has 0 aliphatic heterocycles. The van der Waals surface area contributed by atoms with Crippen molar-refractivity contribution in [3.63, 3.8) is 0 Å². The van der Waals surface area contributed by atoms with E-state index in [1.165, 1.54) is 0 Å². The van der Waals surface area contributed by atoms with Gasteiger partial charge < -0.3 is 5.32 Å². The first kappa shape index (κ1) is 10.7. The lowest BCUT2D eigenvalue weighted by Crippen LogP contribution is -2.27. The van der Waals surface area contributed by atoms with Crippen LogP contribution in [0.25, 0.3) is 0 Å². The lowest BCUT2D eigenvalue weighted by Gasteiger charge is -2.17. The summed E-state index contributed by atoms with van der Waals surface area (Å²) in [6.07, 6.45) is 3.40. The van der Waals surface area contributed by atoms with Gasteiger partial charge in [-0.15, -0.1) is 0 Å². The van der Waals surface area contributed by atoms with E-state index >= 15 is 0 Å². The Bertz CT molecular complexity index is 301. The van der Waals surface area contributed by atoms with Gasteiger partial charge in [0, 0.05) is 23.5 Å². The Kier molecular flexibility index (Phi) is 3.23. The third kappa shape index (κ3) is 3.17. The zero-order chi connectivity index (χ0) is 10.6. The van der Waals surface area contributed by atoms with Crippen LogP contribution in [0.3, 0.4) is 0 Å². The second-order valence-electron chi connectivity index (χ2n) is 4.26. The van der Waals surface area contributed by atoms with Gasteiger partial charge in [0.05, 0.1) is 6.54 Å². The maximum Gasteiger partial charge on any atom is 0.157 e. The predicted octanol–water partition coefficient (Wildman–Crippen LogP) is 2.11. The first-order chi connectivity index (χ1) is 6.50. The van der Waals surface area contributed by atoms with E-state index in [4.69, 9.17) is 0 Å². The maximum absolute atomic E-state index is 11.6. The molecule has 0 aliphatic rings. The number of Topliss-reactive ketones (excluding diaryl/α,β-unsaturated/α-hetero) is 1. The molecule has 1 heterocycles. The van der Waals surface area contributed by atoms with Gasteiger partial charge in [-0.2, -0.15) is 0 Å². The molecule has 76 valence electrons. The molecule has 0 saturated heterocycles. The number of hydrogen-bond acceptors (Lipinski definition) is 3. The summed E-state index contributed by atoms with van der Waals surface area (Å²) < 4.78 is 0. The van der Waals surface area contributed by atoms with Gasteiger partial charge in [0.1, 0.15) is 0 Å². The molecule has 0 aliphatic carbocycles. The van der Waals surface area contributed by atoms with Gasteiger partial charge in [-0.05, 0) is 12.1 Å². The van der Waals surface area contributed by atoms with Crippen molar-refractivity contribution in [3.05, 3.63) is 24.5 Å². The number of pyridine rings is 1. The van der Waals surface area contributed by atoms with Crippen LogP contribution >= 0.6 is 0 Å². The highest BCUT2D eigenvalue weighted by Crippen LogP contribution is 2.14. The van der Waals surface area contributed by atoms with Crippen LogP contribution < -0.4 is 5.32 Å². The molecule has 14 heavy (non-hydrogen) atoms. The number of carbonyl (C=O) groups excluding carboxylic acids is 1. The van der Waals surface area contributed by atoms with Crippen molar-refractivity contribution >= 4 is 11.5 Å². The molecule has 0 aromatic carbocycles. The SMILES string of the molecule is CC(C)(C)C(=O)CNc1ccncc1. The highest BCUT2D eigenvalue weighted by molar-refractivity contribution is 5.87. The van der Waals surface area contributed by atoms with Gasteiger partial charge in [-0.3, -0.25) is 9.78 Å². The third-order valence-corrected chi connectivity index (χ3v) is 1.97. The molecule has 1 N–H and O–H groups in total. The number of nitrogens with zero attached hydrogens (tertiary/aromatic N) is 1.